The van der Waals surface area contributed by atoms with E-state index < -0.39 is 24.6 Å². The van der Waals surface area contributed by atoms with Gasteiger partial charge in [0.2, 0.25) is 0 Å². The third-order valence-electron chi connectivity index (χ3n) is 13.9. The molecule has 0 aromatic carbocycles. The fraction of sp³-hybridized carbons (Fsp3) is 0.879. The average Bonchev–Trinajstić information content (AvgIpc) is 3.48. The molecule has 234 valence electrons. The Morgan fingerprint density at radius 2 is 1.81 bits per heavy atom. The Kier molecular flexibility index (Phi) is 6.28. The van der Waals surface area contributed by atoms with E-state index in [0.29, 0.717) is 12.3 Å². The third-order valence-corrected chi connectivity index (χ3v) is 13.9. The fourth-order valence-corrected chi connectivity index (χ4v) is 12.0. The highest BCUT2D eigenvalue weighted by Gasteiger charge is 2.84. The number of hydrogen-bond donors (Lipinski definition) is 3. The van der Waals surface area contributed by atoms with Gasteiger partial charge >= 0.3 is 11.9 Å². The third kappa shape index (κ3) is 3.49. The summed E-state index contributed by atoms with van der Waals surface area (Å²) >= 11 is 0. The van der Waals surface area contributed by atoms with Crippen LogP contribution in [0.1, 0.15) is 86.5 Å². The van der Waals surface area contributed by atoms with Crippen molar-refractivity contribution in [1.29, 1.82) is 0 Å². The molecule has 0 aromatic rings. The summed E-state index contributed by atoms with van der Waals surface area (Å²) in [6.07, 6.45) is 2.76. The summed E-state index contributed by atoms with van der Waals surface area (Å²) in [5.41, 5.74) is 0.555. The van der Waals surface area contributed by atoms with Crippen molar-refractivity contribution in [3.63, 3.8) is 0 Å². The highest BCUT2D eigenvalue weighted by Crippen LogP contribution is 2.88. The molecule has 3 N–H and O–H groups in total. The molecule has 4 saturated carbocycles. The molecule has 0 radical (unpaired) electrons. The van der Waals surface area contributed by atoms with Gasteiger partial charge in [-0.2, -0.15) is 0 Å². The van der Waals surface area contributed by atoms with Gasteiger partial charge < -0.3 is 34.3 Å². The number of aliphatic hydroxyl groups excluding tert-OH is 3. The summed E-state index contributed by atoms with van der Waals surface area (Å²) in [7, 11) is 0. The van der Waals surface area contributed by atoms with E-state index in [0.717, 1.165) is 38.5 Å². The molecule has 0 aromatic heterocycles. The van der Waals surface area contributed by atoms with Gasteiger partial charge in [0.05, 0.1) is 12.7 Å². The molecule has 0 amide bonds. The number of rotatable bonds is 3. The Balaban J connectivity index is 1.24. The van der Waals surface area contributed by atoms with Crippen LogP contribution in [0.2, 0.25) is 0 Å². The predicted octanol–water partition coefficient (Wildman–Crippen LogP) is 3.27. The zero-order valence-corrected chi connectivity index (χ0v) is 25.8. The van der Waals surface area contributed by atoms with E-state index in [1.165, 1.54) is 12.5 Å². The zero-order valence-electron chi connectivity index (χ0n) is 25.8. The first-order chi connectivity index (χ1) is 19.6. The maximum absolute atomic E-state index is 12.6. The van der Waals surface area contributed by atoms with Crippen molar-refractivity contribution >= 4 is 11.9 Å². The second-order valence-electron chi connectivity index (χ2n) is 15.9. The van der Waals surface area contributed by atoms with Gasteiger partial charge in [-0.3, -0.25) is 9.59 Å². The number of allylic oxidation sites excluding steroid dienone is 1. The monoisotopic (exact) mass is 588 g/mol. The van der Waals surface area contributed by atoms with Crippen LogP contribution in [0, 0.1) is 44.8 Å². The first-order valence-corrected chi connectivity index (χ1v) is 16.0. The molecule has 2 heterocycles. The number of esters is 2. The molecule has 9 heteroatoms. The van der Waals surface area contributed by atoms with Crippen LogP contribution in [0.3, 0.4) is 0 Å². The van der Waals surface area contributed by atoms with Gasteiger partial charge in [-0.15, -0.1) is 0 Å². The van der Waals surface area contributed by atoms with Crippen LogP contribution in [0.15, 0.2) is 11.6 Å². The van der Waals surface area contributed by atoms with Crippen LogP contribution >= 0.6 is 0 Å². The van der Waals surface area contributed by atoms with Crippen molar-refractivity contribution in [2.24, 2.45) is 44.8 Å². The average molecular weight is 589 g/mol. The molecule has 7 aliphatic rings. The maximum Gasteiger partial charge on any atom is 0.306 e. The van der Waals surface area contributed by atoms with Crippen LogP contribution in [-0.2, 0) is 28.5 Å². The molecule has 2 spiro atoms. The van der Waals surface area contributed by atoms with Gasteiger partial charge in [0, 0.05) is 30.1 Å². The van der Waals surface area contributed by atoms with E-state index in [-0.39, 0.29) is 75.8 Å². The Morgan fingerprint density at radius 1 is 1.07 bits per heavy atom. The second kappa shape index (κ2) is 9.03. The minimum Gasteiger partial charge on any atom is -0.462 e. The smallest absolute Gasteiger partial charge is 0.306 e. The summed E-state index contributed by atoms with van der Waals surface area (Å²) < 4.78 is 24.4. The highest BCUT2D eigenvalue weighted by atomic mass is 16.7. The first-order valence-electron chi connectivity index (χ1n) is 16.0. The SMILES string of the molecule is CC(=O)OC1CC23CC24CCC(OC2OCC(O)C(O)C2O)C(C)(C)C4=CCC3C2(C)CC3OC(=O)CC(C)C3C12C. The summed E-state index contributed by atoms with van der Waals surface area (Å²) in [5.74, 6) is 0.339. The van der Waals surface area contributed by atoms with Crippen molar-refractivity contribution in [2.75, 3.05) is 6.61 Å². The molecule has 6 fully saturated rings. The lowest BCUT2D eigenvalue weighted by atomic mass is 9.42. The topological polar surface area (TPSA) is 132 Å². The van der Waals surface area contributed by atoms with Crippen LogP contribution in [0.25, 0.3) is 0 Å². The van der Waals surface area contributed by atoms with Crippen molar-refractivity contribution in [3.8, 4) is 0 Å². The summed E-state index contributed by atoms with van der Waals surface area (Å²) in [4.78, 5) is 25.2. The molecule has 42 heavy (non-hydrogen) atoms. The molecule has 2 aliphatic heterocycles. The van der Waals surface area contributed by atoms with Crippen molar-refractivity contribution in [3.05, 3.63) is 11.6 Å². The van der Waals surface area contributed by atoms with E-state index in [1.54, 1.807) is 0 Å². The van der Waals surface area contributed by atoms with Gasteiger partial charge in [0.15, 0.2) is 6.29 Å². The van der Waals surface area contributed by atoms with Crippen molar-refractivity contribution < 1.29 is 43.9 Å². The molecular formula is C33H48O9. The largest absolute Gasteiger partial charge is 0.462 e. The number of hydrogen-bond acceptors (Lipinski definition) is 9. The molecule has 14 unspecified atom stereocenters. The summed E-state index contributed by atoms with van der Waals surface area (Å²) in [5, 5.41) is 30.7. The predicted molar refractivity (Wildman–Crippen MR) is 149 cm³/mol. The molecule has 2 saturated heterocycles. The molecule has 7 rings (SSSR count). The lowest BCUT2D eigenvalue weighted by Gasteiger charge is -2.63. The molecule has 5 aliphatic carbocycles. The fourth-order valence-electron chi connectivity index (χ4n) is 12.0. The first kappa shape index (κ1) is 29.2. The van der Waals surface area contributed by atoms with Gasteiger partial charge in [-0.05, 0) is 66.6 Å². The second-order valence-corrected chi connectivity index (χ2v) is 15.9. The summed E-state index contributed by atoms with van der Waals surface area (Å²) in [6, 6.07) is 0. The van der Waals surface area contributed by atoms with Gasteiger partial charge in [-0.25, -0.2) is 0 Å². The normalized spacial score (nSPS) is 55.5. The van der Waals surface area contributed by atoms with Crippen LogP contribution in [0.5, 0.6) is 0 Å². The lowest BCUT2D eigenvalue weighted by molar-refractivity contribution is -0.293. The molecular weight excluding hydrogens is 540 g/mol. The van der Waals surface area contributed by atoms with Crippen molar-refractivity contribution in [1.82, 2.24) is 0 Å². The maximum atomic E-state index is 12.6. The van der Waals surface area contributed by atoms with Crippen LogP contribution in [0.4, 0.5) is 0 Å². The Hall–Kier alpha value is -1.52. The minimum atomic E-state index is -1.32. The Morgan fingerprint density at radius 3 is 2.52 bits per heavy atom. The Bertz CT molecular complexity index is 1210. The minimum absolute atomic E-state index is 0.00437. The van der Waals surface area contributed by atoms with E-state index in [1.807, 2.05) is 0 Å². The lowest BCUT2D eigenvalue weighted by Crippen LogP contribution is -2.62. The number of fused-ring (bicyclic) bond motifs is 4. The highest BCUT2D eigenvalue weighted by molar-refractivity contribution is 5.71. The number of carbonyl (C=O) groups is 2. The number of ether oxygens (including phenoxy) is 4. The number of aliphatic hydroxyl groups is 3. The van der Waals surface area contributed by atoms with E-state index in [9.17, 15) is 24.9 Å². The quantitative estimate of drug-likeness (QED) is 0.336. The Labute approximate surface area is 248 Å². The van der Waals surface area contributed by atoms with E-state index in [4.69, 9.17) is 18.9 Å². The van der Waals surface area contributed by atoms with Crippen LogP contribution in [-0.4, -0.2) is 76.8 Å². The van der Waals surface area contributed by atoms with E-state index >= 15 is 0 Å². The molecule has 9 nitrogen and oxygen atoms in total. The standard InChI is InChI=1S/C33H48O9/c1-16-11-24(36)41-19-12-30(5)21-8-7-20-29(3,4)22(42-28-27(38)26(37)18(35)14-39-28)9-10-32(20)15-33(21,32)13-23(40-17(2)34)31(30,6)25(16)19/h7,16,18-19,21-23,25-28,35,37-38H,8-15H2,1-6H3. The molecule has 0 bridgehead atoms. The van der Waals surface area contributed by atoms with Crippen molar-refractivity contribution in [2.45, 2.75) is 129 Å². The number of carbonyl (C=O) groups excluding carboxylic acids is 2. The van der Waals surface area contributed by atoms with Gasteiger partial charge in [-0.1, -0.05) is 46.3 Å². The molecule has 14 atom stereocenters. The van der Waals surface area contributed by atoms with Gasteiger partial charge in [0.1, 0.15) is 30.5 Å². The van der Waals surface area contributed by atoms with Gasteiger partial charge in [0.25, 0.3) is 0 Å². The van der Waals surface area contributed by atoms with E-state index in [2.05, 4.69) is 40.7 Å². The zero-order chi connectivity index (χ0) is 30.2. The van der Waals surface area contributed by atoms with Crippen LogP contribution < -0.4 is 0 Å². The summed E-state index contributed by atoms with van der Waals surface area (Å²) in [6.45, 7) is 12.7.